The molecule has 0 bridgehead atoms. The molecule has 3 aromatic carbocycles. The fourth-order valence-electron chi connectivity index (χ4n) is 3.92. The van der Waals surface area contributed by atoms with Gasteiger partial charge in [0.05, 0.1) is 17.4 Å². The van der Waals surface area contributed by atoms with Gasteiger partial charge in [-0.25, -0.2) is 13.5 Å². The zero-order valence-electron chi connectivity index (χ0n) is 18.2. The summed E-state index contributed by atoms with van der Waals surface area (Å²) in [5, 5.41) is 2.87. The number of fused-ring (bicyclic) bond motifs is 1. The van der Waals surface area contributed by atoms with Gasteiger partial charge in [-0.2, -0.15) is 0 Å². The molecule has 1 aromatic heterocycles. The molecule has 0 aliphatic heterocycles. The first-order valence-corrected chi connectivity index (χ1v) is 10.8. The minimum absolute atomic E-state index is 0.0876. The Hall–Kier alpha value is -4.07. The Balaban J connectivity index is 1.39. The summed E-state index contributed by atoms with van der Waals surface area (Å²) in [4.78, 5) is 37.0. The number of aromatic nitrogens is 2. The molecule has 4 aromatic rings. The highest BCUT2D eigenvalue weighted by atomic mass is 19.1. The third-order valence-electron chi connectivity index (χ3n) is 5.62. The van der Waals surface area contributed by atoms with Gasteiger partial charge in [0.1, 0.15) is 18.2 Å². The standard InChI is InChI=1S/C26H22F2N2O4/c27-19-11-7-17(8-12-19)21(18-9-13-20(28)14-10-18)6-3-15-34-24(31)16-30-26(33)23-5-2-1-4-22(23)25(32)29-30/h1-2,4-5,7-14,21H,3,6,15-16H2,(H,29,32). The van der Waals surface area contributed by atoms with Gasteiger partial charge in [0.25, 0.3) is 11.1 Å². The highest BCUT2D eigenvalue weighted by Crippen LogP contribution is 2.29. The predicted octanol–water partition coefficient (Wildman–Crippen LogP) is 4.12. The zero-order valence-corrected chi connectivity index (χ0v) is 18.2. The Bertz CT molecular complexity index is 1360. The maximum Gasteiger partial charge on any atom is 0.327 e. The highest BCUT2D eigenvalue weighted by molar-refractivity contribution is 5.80. The van der Waals surface area contributed by atoms with Crippen molar-refractivity contribution in [2.24, 2.45) is 0 Å². The van der Waals surface area contributed by atoms with Crippen molar-refractivity contribution in [2.75, 3.05) is 6.61 Å². The molecule has 6 nitrogen and oxygen atoms in total. The number of carbonyl (C=O) groups is 1. The van der Waals surface area contributed by atoms with Crippen molar-refractivity contribution in [3.63, 3.8) is 0 Å². The molecule has 0 amide bonds. The van der Waals surface area contributed by atoms with E-state index in [1.54, 1.807) is 36.4 Å². The molecule has 0 aliphatic rings. The summed E-state index contributed by atoms with van der Waals surface area (Å²) in [6.45, 7) is -0.331. The second-order valence-electron chi connectivity index (χ2n) is 7.90. The van der Waals surface area contributed by atoms with Gasteiger partial charge >= 0.3 is 5.97 Å². The Morgan fingerprint density at radius 2 is 1.41 bits per heavy atom. The minimum atomic E-state index is -0.659. The fourth-order valence-corrected chi connectivity index (χ4v) is 3.92. The van der Waals surface area contributed by atoms with E-state index in [9.17, 15) is 23.2 Å². The van der Waals surface area contributed by atoms with Crippen molar-refractivity contribution in [3.05, 3.63) is 116 Å². The molecule has 0 saturated carbocycles. The van der Waals surface area contributed by atoms with E-state index in [4.69, 9.17) is 4.74 Å². The second kappa shape index (κ2) is 10.2. The van der Waals surface area contributed by atoms with Gasteiger partial charge in [-0.05, 0) is 60.4 Å². The molecule has 1 heterocycles. The zero-order chi connectivity index (χ0) is 24.1. The molecule has 0 unspecified atom stereocenters. The van der Waals surface area contributed by atoms with Gasteiger partial charge in [0, 0.05) is 5.92 Å². The van der Waals surface area contributed by atoms with E-state index in [0.717, 1.165) is 15.8 Å². The van der Waals surface area contributed by atoms with Gasteiger partial charge in [0.15, 0.2) is 0 Å². The van der Waals surface area contributed by atoms with Gasteiger partial charge in [-0.1, -0.05) is 36.4 Å². The quantitative estimate of drug-likeness (QED) is 0.314. The summed E-state index contributed by atoms with van der Waals surface area (Å²) in [5.41, 5.74) is 0.767. The third kappa shape index (κ3) is 5.28. The Morgan fingerprint density at radius 3 is 2.00 bits per heavy atom. The fraction of sp³-hybridized carbons (Fsp3) is 0.192. The summed E-state index contributed by atoms with van der Waals surface area (Å²) in [6, 6.07) is 18.6. The summed E-state index contributed by atoms with van der Waals surface area (Å²) in [5.74, 6) is -1.50. The second-order valence-corrected chi connectivity index (χ2v) is 7.90. The number of hydrogen-bond donors (Lipinski definition) is 1. The molecule has 0 spiro atoms. The molecular weight excluding hydrogens is 442 g/mol. The number of H-pyrrole nitrogens is 1. The average molecular weight is 464 g/mol. The van der Waals surface area contributed by atoms with Crippen LogP contribution in [0.3, 0.4) is 0 Å². The summed E-state index contributed by atoms with van der Waals surface area (Å²) in [6.07, 6.45) is 1.05. The van der Waals surface area contributed by atoms with Crippen LogP contribution in [0.1, 0.15) is 29.9 Å². The number of ether oxygens (including phenoxy) is 1. The van der Waals surface area contributed by atoms with Crippen LogP contribution in [0.5, 0.6) is 0 Å². The number of halogens is 2. The molecule has 174 valence electrons. The van der Waals surface area contributed by atoms with Crippen LogP contribution in [0.15, 0.2) is 82.4 Å². The summed E-state index contributed by atoms with van der Waals surface area (Å²) in [7, 11) is 0. The van der Waals surface area contributed by atoms with E-state index in [1.807, 2.05) is 0 Å². The molecule has 0 radical (unpaired) electrons. The first-order valence-electron chi connectivity index (χ1n) is 10.8. The van der Waals surface area contributed by atoms with Crippen molar-refractivity contribution in [2.45, 2.75) is 25.3 Å². The molecule has 1 N–H and O–H groups in total. The first kappa shape index (κ1) is 23.1. The van der Waals surface area contributed by atoms with Crippen LogP contribution in [0.4, 0.5) is 8.78 Å². The molecule has 0 atom stereocenters. The normalized spacial score (nSPS) is 11.1. The van der Waals surface area contributed by atoms with Crippen molar-refractivity contribution in [3.8, 4) is 0 Å². The maximum absolute atomic E-state index is 13.4. The van der Waals surface area contributed by atoms with Crippen LogP contribution in [-0.4, -0.2) is 22.4 Å². The van der Waals surface area contributed by atoms with E-state index in [1.165, 1.54) is 36.4 Å². The number of nitrogens with one attached hydrogen (secondary N) is 1. The number of nitrogens with zero attached hydrogens (tertiary/aromatic N) is 1. The molecular formula is C26H22F2N2O4. The summed E-state index contributed by atoms with van der Waals surface area (Å²) < 4.78 is 32.9. The lowest BCUT2D eigenvalue weighted by Gasteiger charge is -2.18. The average Bonchev–Trinajstić information content (AvgIpc) is 2.84. The number of carbonyl (C=O) groups excluding carboxylic acids is 1. The van der Waals surface area contributed by atoms with Gasteiger partial charge in [-0.15, -0.1) is 0 Å². The van der Waals surface area contributed by atoms with Crippen LogP contribution in [0.25, 0.3) is 10.8 Å². The van der Waals surface area contributed by atoms with E-state index >= 15 is 0 Å². The Kier molecular flexibility index (Phi) is 6.96. The number of aromatic amines is 1. The first-order chi connectivity index (χ1) is 16.4. The molecule has 34 heavy (non-hydrogen) atoms. The lowest BCUT2D eigenvalue weighted by Crippen LogP contribution is -2.33. The van der Waals surface area contributed by atoms with Crippen molar-refractivity contribution >= 4 is 16.7 Å². The molecule has 8 heteroatoms. The van der Waals surface area contributed by atoms with E-state index in [0.29, 0.717) is 12.8 Å². The van der Waals surface area contributed by atoms with Crippen LogP contribution in [-0.2, 0) is 16.1 Å². The van der Waals surface area contributed by atoms with E-state index in [2.05, 4.69) is 5.10 Å². The monoisotopic (exact) mass is 464 g/mol. The Morgan fingerprint density at radius 1 is 0.853 bits per heavy atom. The van der Waals surface area contributed by atoms with E-state index in [-0.39, 0.29) is 34.9 Å². The van der Waals surface area contributed by atoms with Crippen LogP contribution < -0.4 is 11.1 Å². The minimum Gasteiger partial charge on any atom is -0.464 e. The van der Waals surface area contributed by atoms with Gasteiger partial charge in [0.2, 0.25) is 0 Å². The number of hydrogen-bond acceptors (Lipinski definition) is 4. The lowest BCUT2D eigenvalue weighted by atomic mass is 9.87. The van der Waals surface area contributed by atoms with Crippen molar-refractivity contribution in [1.82, 2.24) is 9.78 Å². The number of rotatable bonds is 8. The number of benzene rings is 3. The molecule has 0 aliphatic carbocycles. The van der Waals surface area contributed by atoms with Crippen LogP contribution >= 0.6 is 0 Å². The van der Waals surface area contributed by atoms with Crippen molar-refractivity contribution < 1.29 is 18.3 Å². The third-order valence-corrected chi connectivity index (χ3v) is 5.62. The topological polar surface area (TPSA) is 81.2 Å². The smallest absolute Gasteiger partial charge is 0.327 e. The SMILES string of the molecule is O=C(Cn1[nH]c(=O)c2ccccc2c1=O)OCCCC(c1ccc(F)cc1)c1ccc(F)cc1. The molecule has 0 saturated heterocycles. The van der Waals surface area contributed by atoms with E-state index < -0.39 is 23.6 Å². The molecule has 0 fully saturated rings. The predicted molar refractivity (Wildman–Crippen MR) is 124 cm³/mol. The largest absolute Gasteiger partial charge is 0.464 e. The lowest BCUT2D eigenvalue weighted by molar-refractivity contribution is -0.144. The van der Waals surface area contributed by atoms with Crippen molar-refractivity contribution in [1.29, 1.82) is 0 Å². The maximum atomic E-state index is 13.4. The number of esters is 1. The summed E-state index contributed by atoms with van der Waals surface area (Å²) >= 11 is 0. The highest BCUT2D eigenvalue weighted by Gasteiger charge is 2.16. The van der Waals surface area contributed by atoms with Gasteiger partial charge < -0.3 is 4.74 Å². The van der Waals surface area contributed by atoms with Crippen LogP contribution in [0, 0.1) is 11.6 Å². The Labute approximate surface area is 193 Å². The van der Waals surface area contributed by atoms with Crippen LogP contribution in [0.2, 0.25) is 0 Å². The molecule has 4 rings (SSSR count). The van der Waals surface area contributed by atoms with Gasteiger partial charge in [-0.3, -0.25) is 19.5 Å².